The van der Waals surface area contributed by atoms with Gasteiger partial charge in [-0.15, -0.1) is 0 Å². The Balaban J connectivity index is 3.14. The molecular weight excluding hydrogens is 433 g/mol. The van der Waals surface area contributed by atoms with Crippen molar-refractivity contribution in [1.82, 2.24) is 5.32 Å². The fourth-order valence-electron chi connectivity index (χ4n) is 2.56. The molecule has 0 aromatic rings. The molecule has 8 nitrogen and oxygen atoms in total. The minimum atomic E-state index is -5.95. The third kappa shape index (κ3) is 6.34. The number of alkyl halides is 5. The second-order valence-corrected chi connectivity index (χ2v) is 7.81. The minimum absolute atomic E-state index is 0.296. The van der Waals surface area contributed by atoms with Gasteiger partial charge in [-0.1, -0.05) is 25.8 Å². The zero-order valence-corrected chi connectivity index (χ0v) is 15.8. The normalized spacial score (nSPS) is 18.6. The number of ether oxygens (including phenoxy) is 2. The summed E-state index contributed by atoms with van der Waals surface area (Å²) in [4.78, 5) is 23.8. The fraction of sp³-hybridized carbons (Fsp3) is 0.733. The van der Waals surface area contributed by atoms with Crippen LogP contribution in [0.5, 0.6) is 0 Å². The van der Waals surface area contributed by atoms with Crippen molar-refractivity contribution in [2.75, 3.05) is 6.61 Å². The molecule has 0 aromatic carbocycles. The Labute approximate surface area is 163 Å². The molecule has 0 aliphatic heterocycles. The SMILES string of the molecule is C=CC(=O)OC(OCCC(F)(F)S(=O)(=O)O)(C(=O)NC1CCCCC1)C(F)(F)F. The molecule has 2 N–H and O–H groups in total. The van der Waals surface area contributed by atoms with Crippen molar-refractivity contribution < 1.29 is 54.0 Å². The first-order valence-electron chi connectivity index (χ1n) is 8.38. The van der Waals surface area contributed by atoms with Crippen LogP contribution in [0.25, 0.3) is 0 Å². The Bertz CT molecular complexity index is 719. The highest BCUT2D eigenvalue weighted by Crippen LogP contribution is 2.37. The van der Waals surface area contributed by atoms with E-state index >= 15 is 0 Å². The molecule has 1 saturated carbocycles. The quantitative estimate of drug-likeness (QED) is 0.181. The Morgan fingerprint density at radius 1 is 1.14 bits per heavy atom. The van der Waals surface area contributed by atoms with Gasteiger partial charge in [-0.05, 0) is 12.8 Å². The van der Waals surface area contributed by atoms with Crippen molar-refractivity contribution in [3.63, 3.8) is 0 Å². The molecule has 1 atom stereocenters. The summed E-state index contributed by atoms with van der Waals surface area (Å²) in [6.45, 7) is 1.19. The second-order valence-electron chi connectivity index (χ2n) is 6.26. The lowest BCUT2D eigenvalue weighted by molar-refractivity contribution is -0.348. The van der Waals surface area contributed by atoms with Crippen LogP contribution in [0.15, 0.2) is 12.7 Å². The number of hydrogen-bond donors (Lipinski definition) is 2. The average molecular weight is 453 g/mol. The van der Waals surface area contributed by atoms with Gasteiger partial charge in [0, 0.05) is 12.1 Å². The first kappa shape index (κ1) is 25.2. The summed E-state index contributed by atoms with van der Waals surface area (Å²) in [5.74, 6) is -8.00. The lowest BCUT2D eigenvalue weighted by atomic mass is 9.95. The predicted octanol–water partition coefficient (Wildman–Crippen LogP) is 2.31. The van der Waals surface area contributed by atoms with Gasteiger partial charge in [0.15, 0.2) is 0 Å². The van der Waals surface area contributed by atoms with Gasteiger partial charge in [0.1, 0.15) is 0 Å². The maximum atomic E-state index is 13.7. The van der Waals surface area contributed by atoms with Crippen LogP contribution >= 0.6 is 0 Å². The third-order valence-electron chi connectivity index (χ3n) is 4.10. The molecule has 1 fully saturated rings. The molecule has 1 aliphatic carbocycles. The minimum Gasteiger partial charge on any atom is -0.412 e. The second kappa shape index (κ2) is 9.34. The lowest BCUT2D eigenvalue weighted by Crippen LogP contribution is -2.63. The van der Waals surface area contributed by atoms with Crippen molar-refractivity contribution >= 4 is 22.0 Å². The van der Waals surface area contributed by atoms with Crippen molar-refractivity contribution in [1.29, 1.82) is 0 Å². The van der Waals surface area contributed by atoms with E-state index in [1.807, 2.05) is 5.32 Å². The smallest absolute Gasteiger partial charge is 0.412 e. The summed E-state index contributed by atoms with van der Waals surface area (Å²) < 4.78 is 105. The van der Waals surface area contributed by atoms with E-state index in [0.29, 0.717) is 31.8 Å². The number of nitrogens with one attached hydrogen (secondary N) is 1. The molecule has 1 rings (SSSR count). The summed E-state index contributed by atoms with van der Waals surface area (Å²) in [7, 11) is -5.95. The Hall–Kier alpha value is -1.80. The fourth-order valence-corrected chi connectivity index (χ4v) is 2.90. The van der Waals surface area contributed by atoms with Crippen LogP contribution < -0.4 is 5.32 Å². The molecule has 0 radical (unpaired) electrons. The number of rotatable bonds is 9. The van der Waals surface area contributed by atoms with E-state index in [9.17, 15) is 40.0 Å². The third-order valence-corrected chi connectivity index (χ3v) is 5.06. The number of amides is 1. The first-order chi connectivity index (χ1) is 13.2. The molecule has 168 valence electrons. The van der Waals surface area contributed by atoms with Gasteiger partial charge in [0.25, 0.3) is 0 Å². The molecular formula is C15H20F5NO7S. The standard InChI is InChI=1S/C15H20F5NO7S/c1-2-11(22)28-14(15(18,19)20,12(23)21-10-6-4-3-5-7-10)27-9-8-13(16,17)29(24,25)26/h2,10H,1,3-9H2,(H,21,23)(H,24,25,26). The zero-order chi connectivity index (χ0) is 22.5. The molecule has 1 aliphatic rings. The summed E-state index contributed by atoms with van der Waals surface area (Å²) >= 11 is 0. The van der Waals surface area contributed by atoms with E-state index < -0.39 is 58.3 Å². The van der Waals surface area contributed by atoms with Gasteiger partial charge in [0.2, 0.25) is 0 Å². The van der Waals surface area contributed by atoms with Crippen molar-refractivity contribution in [3.8, 4) is 0 Å². The number of esters is 1. The number of carbonyl (C=O) groups excluding carboxylic acids is 2. The Morgan fingerprint density at radius 2 is 1.69 bits per heavy atom. The predicted molar refractivity (Wildman–Crippen MR) is 87.2 cm³/mol. The number of carbonyl (C=O) groups is 2. The topological polar surface area (TPSA) is 119 Å². The molecule has 1 amide bonds. The largest absolute Gasteiger partial charge is 0.466 e. The monoisotopic (exact) mass is 453 g/mol. The van der Waals surface area contributed by atoms with Crippen LogP contribution in [0.2, 0.25) is 0 Å². The van der Waals surface area contributed by atoms with Crippen molar-refractivity contribution in [2.24, 2.45) is 0 Å². The molecule has 1 unspecified atom stereocenters. The van der Waals surface area contributed by atoms with Gasteiger partial charge < -0.3 is 14.8 Å². The highest BCUT2D eigenvalue weighted by molar-refractivity contribution is 7.86. The van der Waals surface area contributed by atoms with E-state index in [-0.39, 0.29) is 0 Å². The molecule has 0 saturated heterocycles. The van der Waals surface area contributed by atoms with Crippen LogP contribution in [0.4, 0.5) is 22.0 Å². The molecule has 29 heavy (non-hydrogen) atoms. The average Bonchev–Trinajstić information content (AvgIpc) is 2.59. The highest BCUT2D eigenvalue weighted by atomic mass is 32.2. The molecule has 0 spiro atoms. The van der Waals surface area contributed by atoms with E-state index in [0.717, 1.165) is 6.42 Å². The number of halogens is 5. The molecule has 0 heterocycles. The maximum Gasteiger partial charge on any atom is 0.466 e. The molecule has 14 heteroatoms. The summed E-state index contributed by atoms with van der Waals surface area (Å²) in [6, 6.07) is -0.691. The lowest BCUT2D eigenvalue weighted by Gasteiger charge is -2.35. The first-order valence-corrected chi connectivity index (χ1v) is 9.82. The van der Waals surface area contributed by atoms with Crippen LogP contribution in [0.1, 0.15) is 38.5 Å². The number of hydrogen-bond acceptors (Lipinski definition) is 6. The van der Waals surface area contributed by atoms with Crippen molar-refractivity contribution in [3.05, 3.63) is 12.7 Å². The Kier molecular flexibility index (Phi) is 8.13. The van der Waals surface area contributed by atoms with E-state index in [1.165, 1.54) is 0 Å². The van der Waals surface area contributed by atoms with Crippen LogP contribution in [0, 0.1) is 0 Å². The van der Waals surface area contributed by atoms with Crippen LogP contribution in [-0.2, 0) is 29.2 Å². The van der Waals surface area contributed by atoms with Gasteiger partial charge >= 0.3 is 39.2 Å². The van der Waals surface area contributed by atoms with E-state index in [4.69, 9.17) is 4.55 Å². The van der Waals surface area contributed by atoms with E-state index in [2.05, 4.69) is 16.1 Å². The summed E-state index contributed by atoms with van der Waals surface area (Å²) in [6.07, 6.45) is -4.61. The Morgan fingerprint density at radius 3 is 2.14 bits per heavy atom. The molecule has 0 aromatic heterocycles. The zero-order valence-electron chi connectivity index (χ0n) is 15.0. The van der Waals surface area contributed by atoms with Gasteiger partial charge in [-0.2, -0.15) is 30.4 Å². The highest BCUT2D eigenvalue weighted by Gasteiger charge is 2.66. The van der Waals surface area contributed by atoms with Crippen molar-refractivity contribution in [2.45, 2.75) is 61.8 Å². The summed E-state index contributed by atoms with van der Waals surface area (Å²) in [5, 5.41) is -2.83. The summed E-state index contributed by atoms with van der Waals surface area (Å²) in [5.41, 5.74) is 0. The maximum absolute atomic E-state index is 13.7. The van der Waals surface area contributed by atoms with Gasteiger partial charge in [-0.3, -0.25) is 9.35 Å². The van der Waals surface area contributed by atoms with E-state index in [1.54, 1.807) is 0 Å². The van der Waals surface area contributed by atoms with Crippen LogP contribution in [0.3, 0.4) is 0 Å². The van der Waals surface area contributed by atoms with Crippen LogP contribution in [-0.4, -0.2) is 54.7 Å². The van der Waals surface area contributed by atoms with Gasteiger partial charge in [0.05, 0.1) is 13.0 Å². The van der Waals surface area contributed by atoms with Gasteiger partial charge in [-0.25, -0.2) is 4.79 Å². The molecule has 0 bridgehead atoms.